The molecule has 128 valence electrons. The number of esters is 2. The lowest BCUT2D eigenvalue weighted by Crippen LogP contribution is -2.40. The third-order valence-electron chi connectivity index (χ3n) is 3.16. The van der Waals surface area contributed by atoms with E-state index in [1.54, 1.807) is 20.8 Å². The topological polar surface area (TPSA) is 96.6 Å². The van der Waals surface area contributed by atoms with Crippen molar-refractivity contribution in [2.75, 3.05) is 6.61 Å². The average Bonchev–Trinajstić information content (AvgIpc) is 2.46. The van der Waals surface area contributed by atoms with Gasteiger partial charge < -0.3 is 14.0 Å². The van der Waals surface area contributed by atoms with E-state index in [2.05, 4.69) is 0 Å². The maximum Gasteiger partial charge on any atom is 0.330 e. The number of carbonyl (C=O) groups excluding carboxylic acids is 2. The van der Waals surface area contributed by atoms with Gasteiger partial charge in [-0.05, 0) is 20.8 Å². The first-order valence-corrected chi connectivity index (χ1v) is 7.31. The normalized spacial score (nSPS) is 12.1. The van der Waals surface area contributed by atoms with Crippen molar-refractivity contribution in [1.29, 1.82) is 0 Å². The minimum atomic E-state index is -1.12. The standard InChI is InChI=1S/C15H22N2O6/c1-6-22-14(20)10(7-12(18)23-9(2)3)11-8-16(4)15(21)17(5)13(11)19/h8-10H,6-7H2,1-5H3/t10-/m0/s1. The Kier molecular flexibility index (Phi) is 6.29. The van der Waals surface area contributed by atoms with Crippen molar-refractivity contribution < 1.29 is 19.1 Å². The molecule has 1 rings (SSSR count). The number of hydrogen-bond donors (Lipinski definition) is 0. The van der Waals surface area contributed by atoms with E-state index in [1.807, 2.05) is 0 Å². The molecule has 0 unspecified atom stereocenters. The molecule has 0 saturated heterocycles. The van der Waals surface area contributed by atoms with Crippen molar-refractivity contribution in [2.24, 2.45) is 14.1 Å². The van der Waals surface area contributed by atoms with E-state index in [4.69, 9.17) is 9.47 Å². The summed E-state index contributed by atoms with van der Waals surface area (Å²) in [5, 5.41) is 0. The third-order valence-corrected chi connectivity index (χ3v) is 3.16. The van der Waals surface area contributed by atoms with Gasteiger partial charge in [-0.25, -0.2) is 4.79 Å². The smallest absolute Gasteiger partial charge is 0.330 e. The number of aromatic nitrogens is 2. The maximum absolute atomic E-state index is 12.3. The van der Waals surface area contributed by atoms with E-state index in [1.165, 1.54) is 24.9 Å². The minimum absolute atomic E-state index is 0.0220. The zero-order valence-corrected chi connectivity index (χ0v) is 14.0. The Hall–Kier alpha value is -2.38. The number of nitrogens with zero attached hydrogens (tertiary/aromatic N) is 2. The minimum Gasteiger partial charge on any atom is -0.466 e. The lowest BCUT2D eigenvalue weighted by molar-refractivity contribution is -0.154. The SMILES string of the molecule is CCOC(=O)[C@@H](CC(=O)OC(C)C)c1cn(C)c(=O)n(C)c1=O. The second-order valence-corrected chi connectivity index (χ2v) is 5.39. The van der Waals surface area contributed by atoms with E-state index in [9.17, 15) is 19.2 Å². The quantitative estimate of drug-likeness (QED) is 0.687. The van der Waals surface area contributed by atoms with Crippen LogP contribution < -0.4 is 11.2 Å². The van der Waals surface area contributed by atoms with E-state index in [0.717, 1.165) is 4.57 Å². The average molecular weight is 326 g/mol. The fraction of sp³-hybridized carbons (Fsp3) is 0.600. The molecule has 0 bridgehead atoms. The van der Waals surface area contributed by atoms with Crippen LogP contribution >= 0.6 is 0 Å². The Labute approximate surface area is 133 Å². The molecular formula is C15H22N2O6. The summed E-state index contributed by atoms with van der Waals surface area (Å²) in [6.07, 6.45) is 0.590. The molecule has 8 heteroatoms. The lowest BCUT2D eigenvalue weighted by atomic mass is 9.98. The van der Waals surface area contributed by atoms with Crippen molar-refractivity contribution in [3.05, 3.63) is 32.6 Å². The van der Waals surface area contributed by atoms with Crippen molar-refractivity contribution in [2.45, 2.75) is 39.2 Å². The predicted octanol–water partition coefficient (Wildman–Crippen LogP) is 0.0724. The molecule has 0 amide bonds. The summed E-state index contributed by atoms with van der Waals surface area (Å²) in [6.45, 7) is 5.10. The van der Waals surface area contributed by atoms with Crippen LogP contribution in [0.2, 0.25) is 0 Å². The molecule has 0 N–H and O–H groups in total. The van der Waals surface area contributed by atoms with Gasteiger partial charge in [0.25, 0.3) is 5.56 Å². The van der Waals surface area contributed by atoms with E-state index in [0.29, 0.717) is 0 Å². The van der Waals surface area contributed by atoms with Gasteiger partial charge >= 0.3 is 17.6 Å². The van der Waals surface area contributed by atoms with Gasteiger partial charge in [0.15, 0.2) is 0 Å². The highest BCUT2D eigenvalue weighted by atomic mass is 16.5. The fourth-order valence-corrected chi connectivity index (χ4v) is 2.12. The molecule has 23 heavy (non-hydrogen) atoms. The Balaban J connectivity index is 3.30. The molecule has 0 fully saturated rings. The Morgan fingerprint density at radius 3 is 2.35 bits per heavy atom. The number of aryl methyl sites for hydroxylation is 1. The largest absolute Gasteiger partial charge is 0.466 e. The molecule has 0 saturated carbocycles. The zero-order chi connectivity index (χ0) is 17.7. The van der Waals surface area contributed by atoms with Crippen LogP contribution in [0, 0.1) is 0 Å². The molecule has 1 aromatic rings. The number of rotatable bonds is 6. The highest BCUT2D eigenvalue weighted by Gasteiger charge is 2.30. The molecular weight excluding hydrogens is 304 g/mol. The lowest BCUT2D eigenvalue weighted by Gasteiger charge is -2.17. The van der Waals surface area contributed by atoms with Gasteiger partial charge in [0.1, 0.15) is 0 Å². The first kappa shape index (κ1) is 18.7. The Morgan fingerprint density at radius 2 is 1.83 bits per heavy atom. The van der Waals surface area contributed by atoms with Crippen LogP contribution in [0.15, 0.2) is 15.8 Å². The fourth-order valence-electron chi connectivity index (χ4n) is 2.12. The molecule has 8 nitrogen and oxygen atoms in total. The van der Waals surface area contributed by atoms with Crippen molar-refractivity contribution in [3.63, 3.8) is 0 Å². The summed E-state index contributed by atoms with van der Waals surface area (Å²) in [5.74, 6) is -2.44. The first-order valence-electron chi connectivity index (χ1n) is 7.31. The van der Waals surface area contributed by atoms with Gasteiger partial charge in [0.2, 0.25) is 0 Å². The molecule has 1 atom stereocenters. The molecule has 0 aliphatic rings. The van der Waals surface area contributed by atoms with Gasteiger partial charge in [-0.2, -0.15) is 0 Å². The summed E-state index contributed by atoms with van der Waals surface area (Å²) in [5.41, 5.74) is -1.14. The molecule has 0 aliphatic carbocycles. The van der Waals surface area contributed by atoms with Gasteiger partial charge in [-0.1, -0.05) is 0 Å². The third kappa shape index (κ3) is 4.54. The summed E-state index contributed by atoms with van der Waals surface area (Å²) in [6, 6.07) is 0. The summed E-state index contributed by atoms with van der Waals surface area (Å²) < 4.78 is 12.0. The van der Waals surface area contributed by atoms with E-state index in [-0.39, 0.29) is 24.7 Å². The van der Waals surface area contributed by atoms with Crippen LogP contribution in [0.3, 0.4) is 0 Å². The highest BCUT2D eigenvalue weighted by molar-refractivity contribution is 5.84. The van der Waals surface area contributed by atoms with Crippen molar-refractivity contribution >= 4 is 11.9 Å². The summed E-state index contributed by atoms with van der Waals surface area (Å²) in [4.78, 5) is 48.1. The van der Waals surface area contributed by atoms with E-state index >= 15 is 0 Å². The van der Waals surface area contributed by atoms with Crippen LogP contribution in [0.4, 0.5) is 0 Å². The van der Waals surface area contributed by atoms with Crippen LogP contribution in [-0.2, 0) is 33.2 Å². The molecule has 0 aromatic carbocycles. The first-order chi connectivity index (χ1) is 10.7. The Morgan fingerprint density at radius 1 is 1.22 bits per heavy atom. The van der Waals surface area contributed by atoms with Crippen LogP contribution in [0.25, 0.3) is 0 Å². The molecule has 0 spiro atoms. The van der Waals surface area contributed by atoms with E-state index < -0.39 is 29.1 Å². The van der Waals surface area contributed by atoms with Gasteiger partial charge in [-0.15, -0.1) is 0 Å². The molecule has 0 aliphatic heterocycles. The highest BCUT2D eigenvalue weighted by Crippen LogP contribution is 2.19. The van der Waals surface area contributed by atoms with Crippen molar-refractivity contribution in [1.82, 2.24) is 9.13 Å². The summed E-state index contributed by atoms with van der Waals surface area (Å²) in [7, 11) is 2.77. The van der Waals surface area contributed by atoms with Gasteiger partial charge in [0, 0.05) is 25.9 Å². The number of hydrogen-bond acceptors (Lipinski definition) is 6. The van der Waals surface area contributed by atoms with Gasteiger partial charge in [0.05, 0.1) is 25.0 Å². The van der Waals surface area contributed by atoms with Crippen molar-refractivity contribution in [3.8, 4) is 0 Å². The Bertz CT molecular complexity index is 701. The number of carbonyl (C=O) groups is 2. The molecule has 1 aromatic heterocycles. The zero-order valence-electron chi connectivity index (χ0n) is 14.0. The van der Waals surface area contributed by atoms with Crippen LogP contribution in [0.1, 0.15) is 38.7 Å². The molecule has 0 radical (unpaired) electrons. The predicted molar refractivity (Wildman–Crippen MR) is 82.1 cm³/mol. The second-order valence-electron chi connectivity index (χ2n) is 5.39. The number of ether oxygens (including phenoxy) is 2. The van der Waals surface area contributed by atoms with Crippen LogP contribution in [-0.4, -0.2) is 33.8 Å². The maximum atomic E-state index is 12.3. The summed E-state index contributed by atoms with van der Waals surface area (Å²) >= 11 is 0. The second kappa shape index (κ2) is 7.75. The monoisotopic (exact) mass is 326 g/mol. The van der Waals surface area contributed by atoms with Gasteiger partial charge in [-0.3, -0.25) is 19.0 Å². The molecule has 1 heterocycles. The van der Waals surface area contributed by atoms with Crippen LogP contribution in [0.5, 0.6) is 0 Å².